The maximum Gasteiger partial charge on any atom is 0.230 e. The first-order chi connectivity index (χ1) is 11.5. The molecule has 24 heavy (non-hydrogen) atoms. The SMILES string of the molecule is CN(C)CCN1CC[C@@]2(CCCN(c3ccc(C#N)cn3)C2)C1=O. The number of carbonyl (C=O) groups excluding carboxylic acids is 1. The van der Waals surface area contributed by atoms with Crippen molar-refractivity contribution in [3.63, 3.8) is 0 Å². The molecule has 3 rings (SSSR count). The summed E-state index contributed by atoms with van der Waals surface area (Å²) in [6.07, 6.45) is 4.52. The monoisotopic (exact) mass is 327 g/mol. The summed E-state index contributed by atoms with van der Waals surface area (Å²) in [7, 11) is 4.07. The first-order valence-electron chi connectivity index (χ1n) is 8.59. The average Bonchev–Trinajstić information content (AvgIpc) is 2.89. The highest BCUT2D eigenvalue weighted by molar-refractivity contribution is 5.85. The van der Waals surface area contributed by atoms with Crippen LogP contribution in [0.5, 0.6) is 0 Å². The Hall–Kier alpha value is -2.13. The molecule has 0 N–H and O–H groups in total. The van der Waals surface area contributed by atoms with Crippen LogP contribution in [-0.2, 0) is 4.79 Å². The minimum absolute atomic E-state index is 0.250. The van der Waals surface area contributed by atoms with E-state index >= 15 is 0 Å². The van der Waals surface area contributed by atoms with E-state index < -0.39 is 0 Å². The van der Waals surface area contributed by atoms with Crippen molar-refractivity contribution in [3.05, 3.63) is 23.9 Å². The van der Waals surface area contributed by atoms with Crippen LogP contribution in [0.3, 0.4) is 0 Å². The Labute approximate surface area is 143 Å². The van der Waals surface area contributed by atoms with Gasteiger partial charge in [-0.2, -0.15) is 5.26 Å². The number of likely N-dealkylation sites (tertiary alicyclic amines) is 1. The maximum absolute atomic E-state index is 13.0. The van der Waals surface area contributed by atoms with Gasteiger partial charge in [-0.3, -0.25) is 4.79 Å². The number of amides is 1. The number of anilines is 1. The smallest absolute Gasteiger partial charge is 0.230 e. The Morgan fingerprint density at radius 1 is 1.33 bits per heavy atom. The number of hydrogen-bond acceptors (Lipinski definition) is 5. The van der Waals surface area contributed by atoms with Gasteiger partial charge in [0.15, 0.2) is 0 Å². The van der Waals surface area contributed by atoms with Crippen LogP contribution in [0, 0.1) is 16.7 Å². The molecule has 1 spiro atoms. The number of aromatic nitrogens is 1. The lowest BCUT2D eigenvalue weighted by atomic mass is 9.78. The summed E-state index contributed by atoms with van der Waals surface area (Å²) in [5, 5.41) is 8.90. The Kier molecular flexibility index (Phi) is 4.72. The molecule has 1 aromatic heterocycles. The number of carbonyl (C=O) groups is 1. The lowest BCUT2D eigenvalue weighted by Gasteiger charge is -2.39. The first kappa shape index (κ1) is 16.7. The number of likely N-dealkylation sites (N-methyl/N-ethyl adjacent to an activating group) is 1. The molecule has 1 atom stereocenters. The predicted molar refractivity (Wildman–Crippen MR) is 92.6 cm³/mol. The van der Waals surface area contributed by atoms with E-state index in [9.17, 15) is 4.79 Å². The van der Waals surface area contributed by atoms with E-state index in [0.717, 1.165) is 57.8 Å². The van der Waals surface area contributed by atoms with Gasteiger partial charge in [-0.25, -0.2) is 4.98 Å². The van der Waals surface area contributed by atoms with E-state index in [1.807, 2.05) is 25.1 Å². The van der Waals surface area contributed by atoms with Gasteiger partial charge in [-0.1, -0.05) is 0 Å². The Morgan fingerprint density at radius 2 is 2.17 bits per heavy atom. The molecule has 3 heterocycles. The third-order valence-electron chi connectivity index (χ3n) is 5.20. The van der Waals surface area contributed by atoms with Gasteiger partial charge in [0, 0.05) is 38.9 Å². The molecule has 0 bridgehead atoms. The fourth-order valence-corrected chi connectivity index (χ4v) is 3.77. The van der Waals surface area contributed by atoms with Crippen LogP contribution in [-0.4, -0.2) is 67.5 Å². The number of nitriles is 1. The molecule has 2 aliphatic rings. The van der Waals surface area contributed by atoms with Gasteiger partial charge in [0.05, 0.1) is 11.0 Å². The molecular weight excluding hydrogens is 302 g/mol. The Morgan fingerprint density at radius 3 is 2.83 bits per heavy atom. The van der Waals surface area contributed by atoms with Gasteiger partial charge in [0.25, 0.3) is 0 Å². The number of pyridine rings is 1. The van der Waals surface area contributed by atoms with Crippen molar-refractivity contribution in [3.8, 4) is 6.07 Å². The molecule has 2 aliphatic heterocycles. The molecule has 2 saturated heterocycles. The summed E-state index contributed by atoms with van der Waals surface area (Å²) in [6, 6.07) is 5.78. The maximum atomic E-state index is 13.0. The summed E-state index contributed by atoms with van der Waals surface area (Å²) in [6.45, 7) is 4.24. The number of piperidine rings is 1. The normalized spacial score (nSPS) is 24.0. The second-order valence-corrected chi connectivity index (χ2v) is 7.17. The highest BCUT2D eigenvalue weighted by Crippen LogP contribution is 2.41. The van der Waals surface area contributed by atoms with Gasteiger partial charge in [0.2, 0.25) is 5.91 Å². The van der Waals surface area contributed by atoms with Crippen molar-refractivity contribution in [1.82, 2.24) is 14.8 Å². The van der Waals surface area contributed by atoms with Crippen molar-refractivity contribution in [2.45, 2.75) is 19.3 Å². The van der Waals surface area contributed by atoms with Gasteiger partial charge in [0.1, 0.15) is 11.9 Å². The molecule has 6 heteroatoms. The number of rotatable bonds is 4. The minimum Gasteiger partial charge on any atom is -0.356 e. The van der Waals surface area contributed by atoms with Crippen molar-refractivity contribution in [2.24, 2.45) is 5.41 Å². The summed E-state index contributed by atoms with van der Waals surface area (Å²) in [5.41, 5.74) is 0.317. The third kappa shape index (κ3) is 3.22. The second-order valence-electron chi connectivity index (χ2n) is 7.17. The summed E-state index contributed by atoms with van der Waals surface area (Å²) < 4.78 is 0. The van der Waals surface area contributed by atoms with Crippen molar-refractivity contribution < 1.29 is 4.79 Å². The van der Waals surface area contributed by atoms with E-state index in [1.165, 1.54) is 0 Å². The van der Waals surface area contributed by atoms with E-state index in [2.05, 4.69) is 20.9 Å². The lowest BCUT2D eigenvalue weighted by Crippen LogP contribution is -2.48. The number of nitrogens with zero attached hydrogens (tertiary/aromatic N) is 5. The highest BCUT2D eigenvalue weighted by atomic mass is 16.2. The summed E-state index contributed by atoms with van der Waals surface area (Å²) >= 11 is 0. The molecular formula is C18H25N5O. The van der Waals surface area contributed by atoms with Gasteiger partial charge >= 0.3 is 0 Å². The van der Waals surface area contributed by atoms with Crippen LogP contribution >= 0.6 is 0 Å². The van der Waals surface area contributed by atoms with Crippen LogP contribution in [0.1, 0.15) is 24.8 Å². The minimum atomic E-state index is -0.250. The van der Waals surface area contributed by atoms with Gasteiger partial charge in [-0.15, -0.1) is 0 Å². The molecule has 6 nitrogen and oxygen atoms in total. The molecule has 2 fully saturated rings. The van der Waals surface area contributed by atoms with Gasteiger partial charge in [-0.05, 0) is 45.5 Å². The van der Waals surface area contributed by atoms with Crippen LogP contribution < -0.4 is 4.90 Å². The highest BCUT2D eigenvalue weighted by Gasteiger charge is 2.48. The molecule has 128 valence electrons. The molecule has 0 aliphatic carbocycles. The zero-order valence-corrected chi connectivity index (χ0v) is 14.5. The Balaban J connectivity index is 1.70. The number of hydrogen-bond donors (Lipinski definition) is 0. The zero-order chi connectivity index (χ0) is 17.2. The van der Waals surface area contributed by atoms with Crippen LogP contribution in [0.15, 0.2) is 18.3 Å². The van der Waals surface area contributed by atoms with Crippen LogP contribution in [0.2, 0.25) is 0 Å². The largest absolute Gasteiger partial charge is 0.356 e. The zero-order valence-electron chi connectivity index (χ0n) is 14.5. The molecule has 0 radical (unpaired) electrons. The second kappa shape index (κ2) is 6.78. The van der Waals surface area contributed by atoms with E-state index in [0.29, 0.717) is 11.5 Å². The van der Waals surface area contributed by atoms with Crippen molar-refractivity contribution >= 4 is 11.7 Å². The van der Waals surface area contributed by atoms with Crippen LogP contribution in [0.4, 0.5) is 5.82 Å². The molecule has 1 amide bonds. The fourth-order valence-electron chi connectivity index (χ4n) is 3.77. The predicted octanol–water partition coefficient (Wildman–Crippen LogP) is 1.33. The summed E-state index contributed by atoms with van der Waals surface area (Å²) in [4.78, 5) is 23.7. The van der Waals surface area contributed by atoms with Gasteiger partial charge < -0.3 is 14.7 Å². The van der Waals surface area contributed by atoms with E-state index in [4.69, 9.17) is 5.26 Å². The first-order valence-corrected chi connectivity index (χ1v) is 8.59. The quantitative estimate of drug-likeness (QED) is 0.835. The average molecular weight is 327 g/mol. The fraction of sp³-hybridized carbons (Fsp3) is 0.611. The topological polar surface area (TPSA) is 63.5 Å². The summed E-state index contributed by atoms with van der Waals surface area (Å²) in [5.74, 6) is 1.18. The third-order valence-corrected chi connectivity index (χ3v) is 5.20. The molecule has 1 aromatic rings. The lowest BCUT2D eigenvalue weighted by molar-refractivity contribution is -0.136. The Bertz CT molecular complexity index is 636. The van der Waals surface area contributed by atoms with Crippen molar-refractivity contribution in [2.75, 3.05) is 51.7 Å². The molecule has 0 saturated carbocycles. The van der Waals surface area contributed by atoms with E-state index in [1.54, 1.807) is 12.3 Å². The van der Waals surface area contributed by atoms with E-state index in [-0.39, 0.29) is 5.41 Å². The van der Waals surface area contributed by atoms with Crippen LogP contribution in [0.25, 0.3) is 0 Å². The standard InChI is InChI=1S/C18H25N5O/c1-21(2)10-11-22-9-7-18(17(22)24)6-3-8-23(14-18)16-5-4-15(12-19)13-20-16/h4-5,13H,3,6-11,14H2,1-2H3/t18-/m1/s1. The molecule has 0 aromatic carbocycles. The molecule has 0 unspecified atom stereocenters. The van der Waals surface area contributed by atoms with Crippen molar-refractivity contribution in [1.29, 1.82) is 5.26 Å².